The van der Waals surface area contributed by atoms with Crippen LogP contribution in [0.2, 0.25) is 0 Å². The van der Waals surface area contributed by atoms with Crippen molar-refractivity contribution < 1.29 is 0 Å². The molecule has 17 heavy (non-hydrogen) atoms. The first-order valence-electron chi connectivity index (χ1n) is 7.61. The Hall–Kier alpha value is -0.460. The number of rotatable bonds is 3. The van der Waals surface area contributed by atoms with Gasteiger partial charge >= 0.3 is 0 Å². The zero-order valence-electron chi connectivity index (χ0n) is 12.3. The summed E-state index contributed by atoms with van der Waals surface area (Å²) in [4.78, 5) is 0. The normalized spacial score (nSPS) is 19.5. The van der Waals surface area contributed by atoms with Crippen LogP contribution in [0.4, 0.5) is 0 Å². The predicted molar refractivity (Wildman–Crippen MR) is 78.9 cm³/mol. The van der Waals surface area contributed by atoms with Crippen molar-refractivity contribution in [2.75, 3.05) is 0 Å². The Morgan fingerprint density at radius 1 is 1.06 bits per heavy atom. The van der Waals surface area contributed by atoms with Gasteiger partial charge < -0.3 is 5.73 Å². The summed E-state index contributed by atoms with van der Waals surface area (Å²) in [5, 5.41) is 0. The van der Waals surface area contributed by atoms with Gasteiger partial charge in [0, 0.05) is 5.70 Å². The first-order chi connectivity index (χ1) is 8.18. The molecule has 1 heteroatoms. The Bertz CT molecular complexity index is 176. The van der Waals surface area contributed by atoms with Gasteiger partial charge in [0.25, 0.3) is 0 Å². The summed E-state index contributed by atoms with van der Waals surface area (Å²) < 4.78 is 0. The van der Waals surface area contributed by atoms with Crippen molar-refractivity contribution in [3.63, 3.8) is 0 Å². The molecular weight excluding hydrogens is 206 g/mol. The monoisotopic (exact) mass is 239 g/mol. The van der Waals surface area contributed by atoms with Crippen molar-refractivity contribution in [3.8, 4) is 0 Å². The third-order valence-electron chi connectivity index (χ3n) is 3.74. The number of hydrogen-bond acceptors (Lipinski definition) is 1. The maximum absolute atomic E-state index is 5.48. The molecule has 0 unspecified atom stereocenters. The Morgan fingerprint density at radius 3 is 1.82 bits per heavy atom. The van der Waals surface area contributed by atoms with Gasteiger partial charge in [-0.3, -0.25) is 0 Å². The average Bonchev–Trinajstić information content (AvgIpc) is 2.80. The van der Waals surface area contributed by atoms with Gasteiger partial charge in [0.2, 0.25) is 0 Å². The highest BCUT2D eigenvalue weighted by Gasteiger charge is 2.13. The lowest BCUT2D eigenvalue weighted by atomic mass is 9.88. The van der Waals surface area contributed by atoms with E-state index >= 15 is 0 Å². The molecule has 2 fully saturated rings. The van der Waals surface area contributed by atoms with E-state index < -0.39 is 0 Å². The molecule has 0 amide bonds. The van der Waals surface area contributed by atoms with E-state index in [-0.39, 0.29) is 0 Å². The number of hydrogen-bond donors (Lipinski definition) is 1. The maximum atomic E-state index is 5.48. The molecule has 0 heterocycles. The van der Waals surface area contributed by atoms with Crippen LogP contribution in [0.25, 0.3) is 0 Å². The maximum Gasteiger partial charge on any atom is 0.000754 e. The van der Waals surface area contributed by atoms with Crippen LogP contribution in [0, 0.1) is 11.8 Å². The first kappa shape index (κ1) is 16.5. The van der Waals surface area contributed by atoms with Gasteiger partial charge in [-0.25, -0.2) is 0 Å². The van der Waals surface area contributed by atoms with Crippen molar-refractivity contribution in [2.24, 2.45) is 17.6 Å². The van der Waals surface area contributed by atoms with Gasteiger partial charge in [0.1, 0.15) is 0 Å². The third kappa shape index (κ3) is 9.26. The Morgan fingerprint density at radius 2 is 1.53 bits per heavy atom. The summed E-state index contributed by atoms with van der Waals surface area (Å²) in [5.41, 5.74) is 6.33. The standard InChI is InChI=1S/C9H17N.C5H10.C2H6/c1-8(10)6-7-9-4-2-3-5-9;1-5-3-2-4-5;1-2/h9H,1-7,10H2;5H,2-4H2,1H3;1-2H3. The number of allylic oxidation sites excluding steroid dienone is 1. The second-order valence-electron chi connectivity index (χ2n) is 5.38. The minimum Gasteiger partial charge on any atom is -0.403 e. The summed E-state index contributed by atoms with van der Waals surface area (Å²) in [6, 6.07) is 0. The Balaban J connectivity index is 0.000000306. The lowest BCUT2D eigenvalue weighted by molar-refractivity contribution is 0.346. The van der Waals surface area contributed by atoms with Crippen LogP contribution >= 0.6 is 0 Å². The molecule has 0 spiro atoms. The highest BCUT2D eigenvalue weighted by Crippen LogP contribution is 2.28. The lowest BCUT2D eigenvalue weighted by Crippen LogP contribution is -2.04. The van der Waals surface area contributed by atoms with Gasteiger partial charge in [-0.15, -0.1) is 0 Å². The van der Waals surface area contributed by atoms with Crippen molar-refractivity contribution in [1.82, 2.24) is 0 Å². The quantitative estimate of drug-likeness (QED) is 0.714. The molecule has 0 aromatic rings. The van der Waals surface area contributed by atoms with Gasteiger partial charge in [0.05, 0.1) is 0 Å². The van der Waals surface area contributed by atoms with Gasteiger partial charge in [-0.05, 0) is 24.7 Å². The largest absolute Gasteiger partial charge is 0.403 e. The number of nitrogens with two attached hydrogens (primary N) is 1. The van der Waals surface area contributed by atoms with Gasteiger partial charge in [-0.1, -0.05) is 72.3 Å². The summed E-state index contributed by atoms with van der Waals surface area (Å²) in [5.74, 6) is 2.02. The molecule has 102 valence electrons. The zero-order chi connectivity index (χ0) is 13.1. The molecule has 0 atom stereocenters. The molecule has 2 N–H and O–H groups in total. The van der Waals surface area contributed by atoms with E-state index in [0.29, 0.717) is 0 Å². The summed E-state index contributed by atoms with van der Waals surface area (Å²) in [7, 11) is 0. The molecule has 0 radical (unpaired) electrons. The molecular formula is C16H33N. The van der Waals surface area contributed by atoms with Crippen LogP contribution in [0.1, 0.15) is 78.6 Å². The third-order valence-corrected chi connectivity index (χ3v) is 3.74. The van der Waals surface area contributed by atoms with Crippen molar-refractivity contribution in [3.05, 3.63) is 12.3 Å². The average molecular weight is 239 g/mol. The van der Waals surface area contributed by atoms with Crippen molar-refractivity contribution in [1.29, 1.82) is 0 Å². The highest BCUT2D eigenvalue weighted by atomic mass is 14.6. The van der Waals surface area contributed by atoms with Gasteiger partial charge in [-0.2, -0.15) is 0 Å². The van der Waals surface area contributed by atoms with E-state index in [2.05, 4.69) is 13.5 Å². The van der Waals surface area contributed by atoms with E-state index in [9.17, 15) is 0 Å². The molecule has 0 saturated heterocycles. The molecule has 2 saturated carbocycles. The van der Waals surface area contributed by atoms with Crippen LogP contribution in [0.15, 0.2) is 12.3 Å². The van der Waals surface area contributed by atoms with E-state index in [1.165, 1.54) is 51.4 Å². The Labute approximate surface area is 109 Å². The molecule has 0 bridgehead atoms. The van der Waals surface area contributed by atoms with Crippen LogP contribution in [0.3, 0.4) is 0 Å². The van der Waals surface area contributed by atoms with Crippen molar-refractivity contribution in [2.45, 2.75) is 78.6 Å². The SMILES string of the molecule is C=C(N)CCC1CCCC1.CC.CC1CCC1. The van der Waals surface area contributed by atoms with E-state index in [4.69, 9.17) is 5.73 Å². The fraction of sp³-hybridized carbons (Fsp3) is 0.875. The lowest BCUT2D eigenvalue weighted by Gasteiger charge is -2.18. The summed E-state index contributed by atoms with van der Waals surface area (Å²) >= 11 is 0. The Kier molecular flexibility index (Phi) is 10.4. The minimum atomic E-state index is 0.854. The fourth-order valence-corrected chi connectivity index (χ4v) is 2.30. The van der Waals surface area contributed by atoms with E-state index in [1.54, 1.807) is 0 Å². The van der Waals surface area contributed by atoms with E-state index in [1.807, 2.05) is 13.8 Å². The molecule has 2 aliphatic rings. The molecule has 1 nitrogen and oxygen atoms in total. The zero-order valence-corrected chi connectivity index (χ0v) is 12.3. The van der Waals surface area contributed by atoms with Crippen LogP contribution in [-0.4, -0.2) is 0 Å². The molecule has 0 aliphatic heterocycles. The van der Waals surface area contributed by atoms with Crippen LogP contribution < -0.4 is 5.73 Å². The fourth-order valence-electron chi connectivity index (χ4n) is 2.30. The highest BCUT2D eigenvalue weighted by molar-refractivity contribution is 4.86. The second-order valence-corrected chi connectivity index (χ2v) is 5.38. The molecule has 2 rings (SSSR count). The first-order valence-corrected chi connectivity index (χ1v) is 7.61. The smallest absolute Gasteiger partial charge is 0.000754 e. The van der Waals surface area contributed by atoms with E-state index in [0.717, 1.165) is 24.0 Å². The molecule has 0 aromatic carbocycles. The summed E-state index contributed by atoms with van der Waals surface area (Å²) in [6.07, 6.45) is 12.5. The van der Waals surface area contributed by atoms with Crippen LogP contribution in [-0.2, 0) is 0 Å². The van der Waals surface area contributed by atoms with Crippen LogP contribution in [0.5, 0.6) is 0 Å². The van der Waals surface area contributed by atoms with Gasteiger partial charge in [0.15, 0.2) is 0 Å². The topological polar surface area (TPSA) is 26.0 Å². The molecule has 0 aromatic heterocycles. The summed E-state index contributed by atoms with van der Waals surface area (Å²) in [6.45, 7) is 10.0. The van der Waals surface area contributed by atoms with Crippen molar-refractivity contribution >= 4 is 0 Å². The minimum absolute atomic E-state index is 0.854. The molecule has 2 aliphatic carbocycles. The predicted octanol–water partition coefficient (Wildman–Crippen LogP) is 5.26. The second kappa shape index (κ2) is 10.7.